The molecule has 0 spiro atoms. The van der Waals surface area contributed by atoms with Crippen LogP contribution in [0.3, 0.4) is 0 Å². The van der Waals surface area contributed by atoms with Gasteiger partial charge < -0.3 is 9.84 Å². The van der Waals surface area contributed by atoms with Gasteiger partial charge in [0.25, 0.3) is 5.56 Å². The van der Waals surface area contributed by atoms with E-state index in [1.165, 1.54) is 10.8 Å². The lowest BCUT2D eigenvalue weighted by molar-refractivity contribution is 0.340. The van der Waals surface area contributed by atoms with E-state index < -0.39 is 5.56 Å². The Morgan fingerprint density at radius 2 is 2.00 bits per heavy atom. The van der Waals surface area contributed by atoms with Crippen LogP contribution >= 0.6 is 28.1 Å². The number of H-pyrrole nitrogens is 1. The van der Waals surface area contributed by atoms with E-state index in [0.29, 0.717) is 23.7 Å². The molecular formula is C20H18BrN3O3S. The summed E-state index contributed by atoms with van der Waals surface area (Å²) < 4.78 is 7.86. The zero-order chi connectivity index (χ0) is 20.3. The number of hydrogen-bond donors (Lipinski definition) is 2. The van der Waals surface area contributed by atoms with Crippen LogP contribution in [0.2, 0.25) is 0 Å². The average Bonchev–Trinajstić information content (AvgIpc) is 2.65. The predicted molar refractivity (Wildman–Crippen MR) is 116 cm³/mol. The maximum Gasteiger partial charge on any atom is 0.264 e. The number of aromatic nitrogens is 2. The van der Waals surface area contributed by atoms with E-state index in [-0.39, 0.29) is 16.2 Å². The predicted octanol–water partition coefficient (Wildman–Crippen LogP) is 4.82. The number of aromatic hydroxyl groups is 1. The van der Waals surface area contributed by atoms with Crippen LogP contribution in [-0.2, 0) is 0 Å². The maximum atomic E-state index is 12.3. The van der Waals surface area contributed by atoms with Crippen molar-refractivity contribution < 1.29 is 9.84 Å². The van der Waals surface area contributed by atoms with Gasteiger partial charge in [-0.15, -0.1) is 0 Å². The molecule has 0 radical (unpaired) electrons. The highest BCUT2D eigenvalue weighted by Crippen LogP contribution is 2.24. The Bertz CT molecular complexity index is 1150. The zero-order valence-corrected chi connectivity index (χ0v) is 17.7. The number of hydrogen-bond acceptors (Lipinski definition) is 5. The van der Waals surface area contributed by atoms with Crippen LogP contribution in [0.5, 0.6) is 11.6 Å². The van der Waals surface area contributed by atoms with Crippen molar-refractivity contribution in [2.24, 2.45) is 4.99 Å². The molecule has 0 saturated carbocycles. The minimum absolute atomic E-state index is 0.0167. The fourth-order valence-corrected chi connectivity index (χ4v) is 3.13. The molecule has 1 aromatic heterocycles. The van der Waals surface area contributed by atoms with Crippen molar-refractivity contribution in [3.63, 3.8) is 0 Å². The van der Waals surface area contributed by atoms with E-state index in [1.54, 1.807) is 30.3 Å². The van der Waals surface area contributed by atoms with E-state index in [4.69, 9.17) is 17.0 Å². The number of benzene rings is 2. The van der Waals surface area contributed by atoms with Crippen LogP contribution in [0.1, 0.15) is 18.1 Å². The lowest BCUT2D eigenvalue weighted by atomic mass is 10.2. The molecule has 3 rings (SSSR count). The summed E-state index contributed by atoms with van der Waals surface area (Å²) in [5.74, 6) is 0.421. The number of aryl methyl sites for hydroxylation is 1. The summed E-state index contributed by atoms with van der Waals surface area (Å²) in [5, 5.41) is 10.7. The Labute approximate surface area is 175 Å². The molecule has 0 atom stereocenters. The molecule has 144 valence electrons. The van der Waals surface area contributed by atoms with Gasteiger partial charge in [0, 0.05) is 10.7 Å². The largest absolute Gasteiger partial charge is 0.494 e. The first-order valence-electron chi connectivity index (χ1n) is 8.52. The van der Waals surface area contributed by atoms with Crippen molar-refractivity contribution in [1.29, 1.82) is 0 Å². The molecule has 6 nitrogen and oxygen atoms in total. The van der Waals surface area contributed by atoms with Gasteiger partial charge in [0.05, 0.1) is 18.0 Å². The second-order valence-corrected chi connectivity index (χ2v) is 7.19. The van der Waals surface area contributed by atoms with Crippen LogP contribution in [0.15, 0.2) is 56.7 Å². The number of ether oxygens (including phenoxy) is 1. The Kier molecular flexibility index (Phi) is 6.11. The Balaban J connectivity index is 2.04. The number of nitrogens with zero attached hydrogens (tertiary/aromatic N) is 2. The molecule has 0 fully saturated rings. The second kappa shape index (κ2) is 8.53. The third-order valence-corrected chi connectivity index (χ3v) is 5.19. The summed E-state index contributed by atoms with van der Waals surface area (Å²) in [6, 6.07) is 12.6. The van der Waals surface area contributed by atoms with Gasteiger partial charge in [0.15, 0.2) is 4.77 Å². The molecule has 2 N–H and O–H groups in total. The lowest BCUT2D eigenvalue weighted by Gasteiger charge is -2.12. The highest BCUT2D eigenvalue weighted by Gasteiger charge is 2.13. The van der Waals surface area contributed by atoms with E-state index in [2.05, 4.69) is 25.9 Å². The number of aliphatic imine (C=N–C) groups is 1. The SMILES string of the molecule is CCOc1ccc(-n2c(O)c(C=Nc3ccc(Br)c(C)c3)c(=O)[nH]c2=S)cc1. The van der Waals surface area contributed by atoms with Crippen molar-refractivity contribution in [2.75, 3.05) is 6.61 Å². The highest BCUT2D eigenvalue weighted by atomic mass is 79.9. The summed E-state index contributed by atoms with van der Waals surface area (Å²) in [6.45, 7) is 4.40. The van der Waals surface area contributed by atoms with Gasteiger partial charge in [0.2, 0.25) is 5.88 Å². The molecular weight excluding hydrogens is 442 g/mol. The van der Waals surface area contributed by atoms with Crippen LogP contribution in [-0.4, -0.2) is 27.5 Å². The van der Waals surface area contributed by atoms with Crippen LogP contribution in [0, 0.1) is 11.7 Å². The van der Waals surface area contributed by atoms with Gasteiger partial charge in [-0.2, -0.15) is 0 Å². The summed E-state index contributed by atoms with van der Waals surface area (Å²) in [7, 11) is 0. The summed E-state index contributed by atoms with van der Waals surface area (Å²) in [4.78, 5) is 19.2. The molecule has 28 heavy (non-hydrogen) atoms. The third-order valence-electron chi connectivity index (χ3n) is 4.01. The summed E-state index contributed by atoms with van der Waals surface area (Å²) >= 11 is 8.66. The smallest absolute Gasteiger partial charge is 0.264 e. The van der Waals surface area contributed by atoms with Gasteiger partial charge >= 0.3 is 0 Å². The maximum absolute atomic E-state index is 12.3. The molecule has 2 aromatic carbocycles. The molecule has 0 bridgehead atoms. The molecule has 0 unspecified atom stereocenters. The molecule has 1 heterocycles. The van der Waals surface area contributed by atoms with Crippen LogP contribution in [0.25, 0.3) is 5.69 Å². The zero-order valence-electron chi connectivity index (χ0n) is 15.3. The first-order chi connectivity index (χ1) is 13.4. The van der Waals surface area contributed by atoms with Gasteiger partial charge in [-0.05, 0) is 74.1 Å². The topological polar surface area (TPSA) is 79.6 Å². The molecule has 8 heteroatoms. The highest BCUT2D eigenvalue weighted by molar-refractivity contribution is 9.10. The number of halogens is 1. The Hall–Kier alpha value is -2.71. The first kappa shape index (κ1) is 20.0. The normalized spacial score (nSPS) is 11.1. The van der Waals surface area contributed by atoms with Gasteiger partial charge in [-0.1, -0.05) is 15.9 Å². The average molecular weight is 460 g/mol. The summed E-state index contributed by atoms with van der Waals surface area (Å²) in [5.41, 5.74) is 1.77. The van der Waals surface area contributed by atoms with Crippen molar-refractivity contribution in [1.82, 2.24) is 9.55 Å². The van der Waals surface area contributed by atoms with Gasteiger partial charge in [0.1, 0.15) is 11.3 Å². The molecule has 0 amide bonds. The lowest BCUT2D eigenvalue weighted by Crippen LogP contribution is -2.18. The minimum atomic E-state index is -0.512. The molecule has 0 aliphatic rings. The number of nitrogens with one attached hydrogen (secondary N) is 1. The Morgan fingerprint density at radius 3 is 2.64 bits per heavy atom. The number of aromatic amines is 1. The third kappa shape index (κ3) is 4.23. The molecule has 0 aliphatic carbocycles. The van der Waals surface area contributed by atoms with E-state index in [0.717, 1.165) is 10.0 Å². The quantitative estimate of drug-likeness (QED) is 0.423. The van der Waals surface area contributed by atoms with Crippen molar-refractivity contribution in [3.8, 4) is 17.3 Å². The second-order valence-electron chi connectivity index (χ2n) is 5.95. The Morgan fingerprint density at radius 1 is 1.29 bits per heavy atom. The van der Waals surface area contributed by atoms with Gasteiger partial charge in [-0.25, -0.2) is 0 Å². The molecule has 3 aromatic rings. The van der Waals surface area contributed by atoms with E-state index >= 15 is 0 Å². The molecule has 0 aliphatic heterocycles. The number of rotatable bonds is 5. The van der Waals surface area contributed by atoms with Crippen LogP contribution in [0.4, 0.5) is 5.69 Å². The first-order valence-corrected chi connectivity index (χ1v) is 9.72. The van der Waals surface area contributed by atoms with Crippen molar-refractivity contribution >= 4 is 40.0 Å². The van der Waals surface area contributed by atoms with Crippen molar-refractivity contribution in [3.05, 3.63) is 73.2 Å². The van der Waals surface area contributed by atoms with E-state index in [9.17, 15) is 9.90 Å². The van der Waals surface area contributed by atoms with Crippen LogP contribution < -0.4 is 10.3 Å². The standard InChI is InChI=1S/C20H18BrN3O3S/c1-3-27-15-7-5-14(6-8-15)24-19(26)16(18(25)23-20(24)28)11-22-13-4-9-17(21)12(2)10-13/h4-11,26H,3H2,1-2H3,(H,23,25,28). The fourth-order valence-electron chi connectivity index (χ4n) is 2.60. The van der Waals surface area contributed by atoms with E-state index in [1.807, 2.05) is 26.0 Å². The van der Waals surface area contributed by atoms with Gasteiger partial charge in [-0.3, -0.25) is 19.3 Å². The minimum Gasteiger partial charge on any atom is -0.494 e. The fraction of sp³-hybridized carbons (Fsp3) is 0.150. The van der Waals surface area contributed by atoms with Crippen molar-refractivity contribution in [2.45, 2.75) is 13.8 Å². The summed E-state index contributed by atoms with van der Waals surface area (Å²) in [6.07, 6.45) is 1.33. The molecule has 0 saturated heterocycles. The monoisotopic (exact) mass is 459 g/mol.